The molecular weight excluding hydrogens is 594 g/mol. The number of aliphatic imine (C=N–C) groups is 1. The van der Waals surface area contributed by atoms with Gasteiger partial charge in [-0.3, -0.25) is 19.0 Å². The van der Waals surface area contributed by atoms with Crippen LogP contribution in [0, 0.1) is 12.3 Å². The van der Waals surface area contributed by atoms with E-state index in [0.717, 1.165) is 5.56 Å². The van der Waals surface area contributed by atoms with E-state index in [4.69, 9.17) is 6.42 Å². The van der Waals surface area contributed by atoms with Gasteiger partial charge in [-0.15, -0.1) is 12.3 Å². The number of benzene rings is 1. The number of amides is 2. The lowest BCUT2D eigenvalue weighted by molar-refractivity contribution is -0.134. The number of alkyl halides is 2. The van der Waals surface area contributed by atoms with Crippen molar-refractivity contribution >= 4 is 40.3 Å². The second-order valence-electron chi connectivity index (χ2n) is 11.2. The van der Waals surface area contributed by atoms with E-state index >= 15 is 0 Å². The van der Waals surface area contributed by atoms with E-state index in [-0.39, 0.29) is 42.1 Å². The topological polar surface area (TPSA) is 127 Å². The van der Waals surface area contributed by atoms with E-state index in [1.54, 1.807) is 51.7 Å². The smallest absolute Gasteiger partial charge is 0.280 e. The maximum absolute atomic E-state index is 14.0. The Hall–Kier alpha value is -4.67. The number of carbonyl (C=O) groups is 2. The molecule has 11 nitrogen and oxygen atoms in total. The van der Waals surface area contributed by atoms with Gasteiger partial charge in [0.2, 0.25) is 5.91 Å². The molecule has 0 bridgehead atoms. The number of hydrogen-bond acceptors (Lipinski definition) is 8. The zero-order valence-electron chi connectivity index (χ0n) is 25.9. The lowest BCUT2D eigenvalue weighted by atomic mass is 10.0. The molecule has 2 fully saturated rings. The van der Waals surface area contributed by atoms with Crippen molar-refractivity contribution in [2.45, 2.75) is 51.7 Å². The molecule has 2 amide bonds. The summed E-state index contributed by atoms with van der Waals surface area (Å²) in [6.07, 6.45) is 9.53. The summed E-state index contributed by atoms with van der Waals surface area (Å²) in [5, 5.41) is 16.1. The molecule has 2 saturated heterocycles. The van der Waals surface area contributed by atoms with Crippen molar-refractivity contribution in [2.75, 3.05) is 44.6 Å². The van der Waals surface area contributed by atoms with Crippen LogP contribution in [0.5, 0.6) is 0 Å². The Balaban J connectivity index is 1.31. The van der Waals surface area contributed by atoms with Gasteiger partial charge in [0.1, 0.15) is 5.71 Å². The number of aryl methyl sites for hydroxylation is 1. The highest BCUT2D eigenvalue weighted by molar-refractivity contribution is 6.25. The molecule has 3 aromatic rings. The summed E-state index contributed by atoms with van der Waals surface area (Å²) >= 11 is 0. The van der Waals surface area contributed by atoms with Gasteiger partial charge in [-0.2, -0.15) is 0 Å². The van der Waals surface area contributed by atoms with E-state index in [2.05, 4.69) is 31.5 Å². The maximum Gasteiger partial charge on any atom is 0.280 e. The number of nitrogens with one attached hydrogen (secondary N) is 2. The average molecular weight is 633 g/mol. The van der Waals surface area contributed by atoms with Gasteiger partial charge in [0, 0.05) is 68.4 Å². The van der Waals surface area contributed by atoms with Crippen LogP contribution in [0.2, 0.25) is 0 Å². The van der Waals surface area contributed by atoms with Crippen LogP contribution in [0.1, 0.15) is 48.3 Å². The summed E-state index contributed by atoms with van der Waals surface area (Å²) in [6.45, 7) is 5.87. The van der Waals surface area contributed by atoms with Crippen molar-refractivity contribution < 1.29 is 23.5 Å². The Morgan fingerprint density at radius 1 is 1.24 bits per heavy atom. The van der Waals surface area contributed by atoms with E-state index < -0.39 is 12.5 Å². The van der Waals surface area contributed by atoms with E-state index in [1.165, 1.54) is 6.20 Å². The van der Waals surface area contributed by atoms with Crippen molar-refractivity contribution in [3.8, 4) is 12.3 Å². The Labute approximate surface area is 266 Å². The summed E-state index contributed by atoms with van der Waals surface area (Å²) in [5.41, 5.74) is 2.90. The third-order valence-corrected chi connectivity index (χ3v) is 8.28. The van der Waals surface area contributed by atoms with Crippen LogP contribution >= 0.6 is 0 Å². The van der Waals surface area contributed by atoms with Gasteiger partial charge in [-0.25, -0.2) is 18.7 Å². The molecule has 2 atom stereocenters. The lowest BCUT2D eigenvalue weighted by Crippen LogP contribution is -2.54. The third kappa shape index (κ3) is 6.93. The highest BCUT2D eigenvalue weighted by atomic mass is 19.3. The van der Waals surface area contributed by atoms with E-state index in [9.17, 15) is 23.5 Å². The number of fused-ring (bicyclic) bond motifs is 1. The predicted octanol–water partition coefficient (Wildman–Crippen LogP) is 3.18. The molecule has 0 unspecified atom stereocenters. The van der Waals surface area contributed by atoms with Gasteiger partial charge in [0.05, 0.1) is 30.6 Å². The molecule has 3 N–H and O–H groups in total. The number of hydrogen-bond donors (Lipinski definition) is 3. The minimum Gasteiger partial charge on any atom is -0.392 e. The molecule has 1 aromatic carbocycles. The number of piperazine rings is 1. The Morgan fingerprint density at radius 2 is 2.00 bits per heavy atom. The number of aliphatic hydroxyl groups excluding tert-OH is 1. The van der Waals surface area contributed by atoms with Gasteiger partial charge >= 0.3 is 0 Å². The van der Waals surface area contributed by atoms with E-state index in [0.29, 0.717) is 74.0 Å². The largest absolute Gasteiger partial charge is 0.392 e. The normalized spacial score (nSPS) is 19.2. The monoisotopic (exact) mass is 632 g/mol. The van der Waals surface area contributed by atoms with Crippen LogP contribution in [-0.2, 0) is 11.2 Å². The number of aliphatic hydroxyl groups is 1. The Kier molecular flexibility index (Phi) is 10.4. The van der Waals surface area contributed by atoms with Crippen LogP contribution < -0.4 is 10.6 Å². The fourth-order valence-electron chi connectivity index (χ4n) is 5.88. The summed E-state index contributed by atoms with van der Waals surface area (Å²) in [7, 11) is 0. The first-order valence-electron chi connectivity index (χ1n) is 15.4. The van der Waals surface area contributed by atoms with Crippen molar-refractivity contribution in [1.29, 1.82) is 0 Å². The van der Waals surface area contributed by atoms with Crippen LogP contribution in [0.4, 0.5) is 20.3 Å². The molecule has 0 aliphatic carbocycles. The van der Waals surface area contributed by atoms with Gasteiger partial charge in [-0.1, -0.05) is 13.0 Å². The molecule has 13 heteroatoms. The third-order valence-electron chi connectivity index (χ3n) is 8.28. The number of carbonyl (C=O) groups excluding carboxylic acids is 2. The van der Waals surface area contributed by atoms with Crippen molar-refractivity contribution in [3.63, 3.8) is 0 Å². The van der Waals surface area contributed by atoms with Gasteiger partial charge in [0.25, 0.3) is 12.3 Å². The zero-order chi connectivity index (χ0) is 32.8. The van der Waals surface area contributed by atoms with Crippen LogP contribution in [-0.4, -0.2) is 105 Å². The highest BCUT2D eigenvalue weighted by Crippen LogP contribution is 2.27. The molecule has 242 valence electrons. The SMILES string of the molecule is C#CCCN=C(/C(=C\C)c1cnc2c(Nc3ccc(C(=O)N4CCN(C(=O)[C@@H]5C[C@@H](O)CN5)CC4)c(CC)c3)nccn12)C(F)F. The summed E-state index contributed by atoms with van der Waals surface area (Å²) < 4.78 is 29.7. The molecule has 0 radical (unpaired) electrons. The summed E-state index contributed by atoms with van der Waals surface area (Å²) in [5.74, 6) is 2.70. The lowest BCUT2D eigenvalue weighted by Gasteiger charge is -2.36. The average Bonchev–Trinajstić information content (AvgIpc) is 3.71. The van der Waals surface area contributed by atoms with Crippen molar-refractivity contribution in [2.24, 2.45) is 4.99 Å². The highest BCUT2D eigenvalue weighted by Gasteiger charge is 2.34. The number of terminal acetylenes is 1. The minimum absolute atomic E-state index is 0.0360. The maximum atomic E-state index is 14.0. The molecular formula is C33H38F2N8O3. The number of β-amino-alcohol motifs (C(OH)–C–C–N with tert-alkyl or cyclic N) is 1. The Morgan fingerprint density at radius 3 is 2.65 bits per heavy atom. The number of imidazole rings is 1. The van der Waals surface area contributed by atoms with Gasteiger partial charge < -0.3 is 25.5 Å². The van der Waals surface area contributed by atoms with E-state index in [1.807, 2.05) is 13.0 Å². The molecule has 4 heterocycles. The number of aromatic nitrogens is 3. The number of allylic oxidation sites excluding steroid dienone is 2. The molecule has 2 aromatic heterocycles. The standard InChI is InChI=1S/C33H38F2N8O3/c1-4-7-10-36-28(29(34)35)24(6-3)27-20-39-31-30(37-11-12-43(27)31)40-22-8-9-25(21(5-2)17-22)32(45)41-13-15-42(16-14-41)33(46)26-18-23(44)19-38-26/h1,6,8-9,11-12,17,20,23,26,29,38,44H,5,7,10,13-16,18-19H2,2-3H3,(H,37,40)/b24-6-,36-28?/t23-,26+/m1/s1. The van der Waals surface area contributed by atoms with Crippen LogP contribution in [0.3, 0.4) is 0 Å². The second-order valence-corrected chi connectivity index (χ2v) is 11.2. The van der Waals surface area contributed by atoms with Crippen LogP contribution in [0.25, 0.3) is 11.2 Å². The van der Waals surface area contributed by atoms with Crippen LogP contribution in [0.15, 0.2) is 47.9 Å². The molecule has 0 saturated carbocycles. The number of nitrogens with zero attached hydrogens (tertiary/aromatic N) is 6. The predicted molar refractivity (Wildman–Crippen MR) is 172 cm³/mol. The fourth-order valence-corrected chi connectivity index (χ4v) is 5.88. The molecule has 0 spiro atoms. The Bertz CT molecular complexity index is 1690. The fraction of sp³-hybridized carbons (Fsp3) is 0.424. The summed E-state index contributed by atoms with van der Waals surface area (Å²) in [6, 6.07) is 5.09. The first-order valence-corrected chi connectivity index (χ1v) is 15.4. The quantitative estimate of drug-likeness (QED) is 0.178. The minimum atomic E-state index is -2.79. The number of rotatable bonds is 10. The summed E-state index contributed by atoms with van der Waals surface area (Å²) in [4.78, 5) is 42.8. The molecule has 2 aliphatic heterocycles. The number of halogens is 2. The molecule has 46 heavy (non-hydrogen) atoms. The zero-order valence-corrected chi connectivity index (χ0v) is 25.9. The van der Waals surface area contributed by atoms with Crippen molar-refractivity contribution in [3.05, 3.63) is 59.7 Å². The van der Waals surface area contributed by atoms with Crippen molar-refractivity contribution in [1.82, 2.24) is 29.5 Å². The van der Waals surface area contributed by atoms with Gasteiger partial charge in [0.15, 0.2) is 11.5 Å². The second kappa shape index (κ2) is 14.6. The first-order chi connectivity index (χ1) is 22.2. The molecule has 5 rings (SSSR count). The number of anilines is 2. The van der Waals surface area contributed by atoms with Gasteiger partial charge in [-0.05, 0) is 43.5 Å². The molecule has 2 aliphatic rings. The first kappa shape index (κ1) is 32.7.